The molecule has 0 saturated heterocycles. The van der Waals surface area contributed by atoms with Gasteiger partial charge in [-0.1, -0.05) is 55.7 Å². The van der Waals surface area contributed by atoms with Crippen LogP contribution in [-0.4, -0.2) is 55.0 Å². The van der Waals surface area contributed by atoms with Gasteiger partial charge >= 0.3 is 0 Å². The minimum atomic E-state index is -0.0958. The van der Waals surface area contributed by atoms with Crippen molar-refractivity contribution in [2.45, 2.75) is 51.1 Å². The van der Waals surface area contributed by atoms with Crippen molar-refractivity contribution in [3.63, 3.8) is 0 Å². The van der Waals surface area contributed by atoms with E-state index >= 15 is 0 Å². The van der Waals surface area contributed by atoms with E-state index in [9.17, 15) is 9.59 Å². The van der Waals surface area contributed by atoms with Crippen LogP contribution in [0.5, 0.6) is 11.5 Å². The number of carbonyl (C=O) groups excluding carboxylic acids is 2. The quantitative estimate of drug-likeness (QED) is 0.212. The van der Waals surface area contributed by atoms with Crippen LogP contribution in [0.3, 0.4) is 0 Å². The Morgan fingerprint density at radius 3 is 2.37 bits per heavy atom. The van der Waals surface area contributed by atoms with E-state index in [2.05, 4.69) is 0 Å². The van der Waals surface area contributed by atoms with Crippen molar-refractivity contribution in [2.75, 3.05) is 27.3 Å². The van der Waals surface area contributed by atoms with Gasteiger partial charge in [0.15, 0.2) is 11.5 Å². The molecule has 7 heteroatoms. The first-order valence-electron chi connectivity index (χ1n) is 14.4. The zero-order valence-corrected chi connectivity index (χ0v) is 23.9. The molecule has 1 aliphatic rings. The molecular formula is C34H38N2O5. The van der Waals surface area contributed by atoms with Crippen molar-refractivity contribution >= 4 is 22.6 Å². The molecular weight excluding hydrogens is 516 g/mol. The summed E-state index contributed by atoms with van der Waals surface area (Å²) in [6.07, 6.45) is 7.36. The summed E-state index contributed by atoms with van der Waals surface area (Å²) >= 11 is 0. The van der Waals surface area contributed by atoms with Gasteiger partial charge in [-0.05, 0) is 72.0 Å². The number of furan rings is 1. The van der Waals surface area contributed by atoms with Gasteiger partial charge in [0, 0.05) is 18.2 Å². The minimum absolute atomic E-state index is 0.0307. The maximum atomic E-state index is 14.0. The third kappa shape index (κ3) is 6.91. The number of amides is 2. The Labute approximate surface area is 241 Å². The third-order valence-electron chi connectivity index (χ3n) is 7.98. The third-order valence-corrected chi connectivity index (χ3v) is 7.98. The minimum Gasteiger partial charge on any atom is -0.493 e. The molecule has 1 saturated carbocycles. The first-order valence-corrected chi connectivity index (χ1v) is 14.4. The predicted molar refractivity (Wildman–Crippen MR) is 159 cm³/mol. The van der Waals surface area contributed by atoms with E-state index in [1.165, 1.54) is 6.42 Å². The smallest absolute Gasteiger partial charge is 0.254 e. The van der Waals surface area contributed by atoms with Crippen LogP contribution in [0.25, 0.3) is 10.8 Å². The SMILES string of the molecule is COc1ccc(CCN(Cc2ccco2)C(=O)CN(C(=O)c2ccc3ccccc3c2)C2CCCCC2)cc1OC. The van der Waals surface area contributed by atoms with Crippen molar-refractivity contribution in [1.82, 2.24) is 9.80 Å². The molecule has 2 amide bonds. The van der Waals surface area contributed by atoms with Gasteiger partial charge in [0.25, 0.3) is 5.91 Å². The average Bonchev–Trinajstić information content (AvgIpc) is 3.54. The van der Waals surface area contributed by atoms with Crippen LogP contribution in [-0.2, 0) is 17.8 Å². The van der Waals surface area contributed by atoms with Gasteiger partial charge in [-0.25, -0.2) is 0 Å². The second-order valence-corrected chi connectivity index (χ2v) is 10.6. The fraction of sp³-hybridized carbons (Fsp3) is 0.353. The molecule has 7 nitrogen and oxygen atoms in total. The zero-order valence-electron chi connectivity index (χ0n) is 23.9. The monoisotopic (exact) mass is 554 g/mol. The van der Waals surface area contributed by atoms with E-state index in [4.69, 9.17) is 13.9 Å². The highest BCUT2D eigenvalue weighted by Gasteiger charge is 2.30. The van der Waals surface area contributed by atoms with Crippen molar-refractivity contribution in [1.29, 1.82) is 0 Å². The molecule has 0 bridgehead atoms. The summed E-state index contributed by atoms with van der Waals surface area (Å²) in [5, 5.41) is 2.10. The summed E-state index contributed by atoms with van der Waals surface area (Å²) in [4.78, 5) is 31.6. The number of fused-ring (bicyclic) bond motifs is 1. The topological polar surface area (TPSA) is 72.2 Å². The fourth-order valence-corrected chi connectivity index (χ4v) is 5.68. The summed E-state index contributed by atoms with van der Waals surface area (Å²) in [7, 11) is 3.22. The number of methoxy groups -OCH3 is 2. The first kappa shape index (κ1) is 28.3. The van der Waals surface area contributed by atoms with E-state index in [-0.39, 0.29) is 24.4 Å². The van der Waals surface area contributed by atoms with Crippen molar-refractivity contribution in [2.24, 2.45) is 0 Å². The highest BCUT2D eigenvalue weighted by atomic mass is 16.5. The van der Waals surface area contributed by atoms with Crippen LogP contribution >= 0.6 is 0 Å². The van der Waals surface area contributed by atoms with Gasteiger partial charge in [0.1, 0.15) is 12.3 Å². The summed E-state index contributed by atoms with van der Waals surface area (Å²) in [5.74, 6) is 1.83. The van der Waals surface area contributed by atoms with E-state index in [1.807, 2.05) is 77.7 Å². The predicted octanol–water partition coefficient (Wildman–Crippen LogP) is 6.50. The van der Waals surface area contributed by atoms with E-state index < -0.39 is 0 Å². The summed E-state index contributed by atoms with van der Waals surface area (Å²) in [6.45, 7) is 0.836. The van der Waals surface area contributed by atoms with Crippen LogP contribution < -0.4 is 9.47 Å². The lowest BCUT2D eigenvalue weighted by molar-refractivity contribution is -0.133. The van der Waals surface area contributed by atoms with Crippen molar-refractivity contribution in [3.8, 4) is 11.5 Å². The number of ether oxygens (including phenoxy) is 2. The molecule has 1 fully saturated rings. The van der Waals surface area contributed by atoms with Crippen LogP contribution in [0.15, 0.2) is 83.5 Å². The molecule has 3 aromatic carbocycles. The summed E-state index contributed by atoms with van der Waals surface area (Å²) in [6, 6.07) is 23.4. The Balaban J connectivity index is 1.37. The Morgan fingerprint density at radius 1 is 0.854 bits per heavy atom. The second kappa shape index (κ2) is 13.4. The number of hydrogen-bond donors (Lipinski definition) is 0. The Hall–Kier alpha value is -4.26. The largest absolute Gasteiger partial charge is 0.493 e. The van der Waals surface area contributed by atoms with Gasteiger partial charge in [-0.15, -0.1) is 0 Å². The highest BCUT2D eigenvalue weighted by Crippen LogP contribution is 2.28. The van der Waals surface area contributed by atoms with Crippen LogP contribution in [0.2, 0.25) is 0 Å². The molecule has 41 heavy (non-hydrogen) atoms. The highest BCUT2D eigenvalue weighted by molar-refractivity contribution is 6.00. The molecule has 4 aromatic rings. The molecule has 5 rings (SSSR count). The number of nitrogens with zero attached hydrogens (tertiary/aromatic N) is 2. The van der Waals surface area contributed by atoms with Crippen LogP contribution in [0.1, 0.15) is 53.8 Å². The molecule has 214 valence electrons. The normalized spacial score (nSPS) is 13.6. The van der Waals surface area contributed by atoms with Crippen molar-refractivity contribution in [3.05, 3.63) is 95.9 Å². The average molecular weight is 555 g/mol. The standard InChI is InChI=1S/C34H38N2O5/c1-39-31-17-14-25(21-32(31)40-2)18-19-35(23-30-13-8-20-41-30)33(37)24-36(29-11-4-3-5-12-29)34(38)28-16-15-26-9-6-7-10-27(26)22-28/h6-10,13-17,20-22,29H,3-5,11-12,18-19,23-24H2,1-2H3. The Bertz CT molecular complexity index is 1460. The molecule has 0 aliphatic heterocycles. The number of hydrogen-bond acceptors (Lipinski definition) is 5. The second-order valence-electron chi connectivity index (χ2n) is 10.6. The Kier molecular flexibility index (Phi) is 9.24. The fourth-order valence-electron chi connectivity index (χ4n) is 5.68. The lowest BCUT2D eigenvalue weighted by Gasteiger charge is -2.35. The van der Waals surface area contributed by atoms with Gasteiger partial charge in [-0.3, -0.25) is 9.59 Å². The number of rotatable bonds is 11. The maximum absolute atomic E-state index is 14.0. The van der Waals surface area contributed by atoms with E-state index in [0.717, 1.165) is 42.0 Å². The summed E-state index contributed by atoms with van der Waals surface area (Å²) < 4.78 is 16.4. The van der Waals surface area contributed by atoms with E-state index in [0.29, 0.717) is 42.3 Å². The lowest BCUT2D eigenvalue weighted by atomic mass is 9.93. The van der Waals surface area contributed by atoms with Crippen LogP contribution in [0.4, 0.5) is 0 Å². The number of carbonyl (C=O) groups is 2. The molecule has 1 aromatic heterocycles. The molecule has 0 unspecified atom stereocenters. The molecule has 0 N–H and O–H groups in total. The number of benzene rings is 3. The first-order chi connectivity index (χ1) is 20.1. The molecule has 1 heterocycles. The molecule has 0 radical (unpaired) electrons. The van der Waals surface area contributed by atoms with E-state index in [1.54, 1.807) is 25.4 Å². The maximum Gasteiger partial charge on any atom is 0.254 e. The molecule has 0 atom stereocenters. The van der Waals surface area contributed by atoms with Crippen LogP contribution in [0, 0.1) is 0 Å². The molecule has 1 aliphatic carbocycles. The zero-order chi connectivity index (χ0) is 28.6. The van der Waals surface area contributed by atoms with Gasteiger partial charge in [0.05, 0.1) is 27.0 Å². The lowest BCUT2D eigenvalue weighted by Crippen LogP contribution is -2.48. The van der Waals surface area contributed by atoms with Crippen molar-refractivity contribution < 1.29 is 23.5 Å². The van der Waals surface area contributed by atoms with Gasteiger partial charge in [0.2, 0.25) is 5.91 Å². The summed E-state index contributed by atoms with van der Waals surface area (Å²) in [5.41, 5.74) is 1.64. The molecule has 0 spiro atoms. The van der Waals surface area contributed by atoms with Gasteiger partial charge in [-0.2, -0.15) is 0 Å². The Morgan fingerprint density at radius 2 is 1.63 bits per heavy atom. The van der Waals surface area contributed by atoms with Gasteiger partial charge < -0.3 is 23.7 Å².